The molecule has 0 radical (unpaired) electrons. The van der Waals surface area contributed by atoms with Crippen LogP contribution in [0, 0.1) is 5.92 Å². The molecule has 1 saturated heterocycles. The zero-order valence-electron chi connectivity index (χ0n) is 12.0. The Morgan fingerprint density at radius 2 is 1.85 bits per heavy atom. The number of rotatable bonds is 5. The average molecular weight is 276 g/mol. The van der Waals surface area contributed by atoms with E-state index in [9.17, 15) is 0 Å². The Kier molecular flexibility index (Phi) is 4.43. The number of benzene rings is 1. The van der Waals surface area contributed by atoms with Gasteiger partial charge in [0, 0.05) is 6.54 Å². The van der Waals surface area contributed by atoms with Gasteiger partial charge in [0.2, 0.25) is 0 Å². The molecule has 0 spiro atoms. The second-order valence-corrected chi connectivity index (χ2v) is 5.79. The lowest BCUT2D eigenvalue weighted by molar-refractivity contribution is 0.171. The van der Waals surface area contributed by atoms with Gasteiger partial charge in [0.15, 0.2) is 11.5 Å². The van der Waals surface area contributed by atoms with Crippen LogP contribution in [0.25, 0.3) is 0 Å². The van der Waals surface area contributed by atoms with E-state index in [1.54, 1.807) is 0 Å². The number of hydrogen-bond acceptors (Lipinski definition) is 4. The monoisotopic (exact) mass is 276 g/mol. The fraction of sp³-hybridized carbons (Fsp3) is 0.625. The van der Waals surface area contributed by atoms with Gasteiger partial charge in [-0.05, 0) is 62.5 Å². The summed E-state index contributed by atoms with van der Waals surface area (Å²) in [4.78, 5) is 2.54. The van der Waals surface area contributed by atoms with E-state index in [0.717, 1.165) is 31.0 Å². The summed E-state index contributed by atoms with van der Waals surface area (Å²) in [5.74, 6) is 2.27. The topological polar surface area (TPSA) is 47.7 Å². The molecule has 0 aromatic heterocycles. The van der Waals surface area contributed by atoms with Crippen LogP contribution in [0.2, 0.25) is 0 Å². The largest absolute Gasteiger partial charge is 0.486 e. The maximum Gasteiger partial charge on any atom is 0.161 e. The zero-order chi connectivity index (χ0) is 13.8. The van der Waals surface area contributed by atoms with Gasteiger partial charge in [-0.2, -0.15) is 0 Å². The van der Waals surface area contributed by atoms with E-state index >= 15 is 0 Å². The molecule has 20 heavy (non-hydrogen) atoms. The normalized spacial score (nSPS) is 20.1. The molecule has 0 amide bonds. The number of ether oxygens (including phenoxy) is 2. The number of nitrogens with two attached hydrogens (primary N) is 1. The first kappa shape index (κ1) is 13.7. The Balaban J connectivity index is 1.62. The van der Waals surface area contributed by atoms with E-state index in [4.69, 9.17) is 15.2 Å². The molecule has 1 atom stereocenters. The van der Waals surface area contributed by atoms with E-state index in [2.05, 4.69) is 17.0 Å². The molecule has 1 aromatic rings. The van der Waals surface area contributed by atoms with Gasteiger partial charge in [0.05, 0.1) is 0 Å². The summed E-state index contributed by atoms with van der Waals surface area (Å²) in [5, 5.41) is 0. The number of hydrogen-bond donors (Lipinski definition) is 1. The van der Waals surface area contributed by atoms with Gasteiger partial charge < -0.3 is 20.1 Å². The van der Waals surface area contributed by atoms with Crippen molar-refractivity contribution in [3.8, 4) is 11.5 Å². The molecule has 3 rings (SSSR count). The van der Waals surface area contributed by atoms with Crippen molar-refractivity contribution in [2.45, 2.75) is 19.3 Å². The van der Waals surface area contributed by atoms with Crippen LogP contribution in [0.3, 0.4) is 0 Å². The molecular weight excluding hydrogens is 252 g/mol. The molecule has 1 aromatic carbocycles. The Labute approximate surface area is 120 Å². The highest BCUT2D eigenvalue weighted by molar-refractivity contribution is 5.43. The quantitative estimate of drug-likeness (QED) is 0.889. The van der Waals surface area contributed by atoms with Crippen LogP contribution in [0.15, 0.2) is 18.2 Å². The first-order valence-corrected chi connectivity index (χ1v) is 7.66. The Bertz CT molecular complexity index is 444. The Morgan fingerprint density at radius 1 is 1.10 bits per heavy atom. The first-order chi connectivity index (χ1) is 9.85. The van der Waals surface area contributed by atoms with Crippen molar-refractivity contribution in [3.63, 3.8) is 0 Å². The Hall–Kier alpha value is -1.26. The van der Waals surface area contributed by atoms with Crippen molar-refractivity contribution in [2.24, 2.45) is 11.7 Å². The zero-order valence-corrected chi connectivity index (χ0v) is 12.0. The molecule has 1 unspecified atom stereocenters. The van der Waals surface area contributed by atoms with Crippen molar-refractivity contribution >= 4 is 0 Å². The third kappa shape index (κ3) is 3.25. The highest BCUT2D eigenvalue weighted by Crippen LogP contribution is 2.31. The third-order valence-corrected chi connectivity index (χ3v) is 4.18. The molecule has 2 aliphatic rings. The maximum absolute atomic E-state index is 5.95. The lowest BCUT2D eigenvalue weighted by Crippen LogP contribution is -2.32. The standard InChI is InChI=1S/C16H24N2O2/c17-11-14(12-18-5-1-2-6-18)9-13-3-4-15-16(10-13)20-8-7-19-15/h3-4,10,14H,1-2,5-9,11-12,17H2. The fourth-order valence-electron chi connectivity index (χ4n) is 3.10. The highest BCUT2D eigenvalue weighted by atomic mass is 16.6. The molecule has 0 bridgehead atoms. The predicted molar refractivity (Wildman–Crippen MR) is 79.4 cm³/mol. The summed E-state index contributed by atoms with van der Waals surface area (Å²) in [6.45, 7) is 5.61. The fourth-order valence-corrected chi connectivity index (χ4v) is 3.10. The molecule has 2 heterocycles. The van der Waals surface area contributed by atoms with E-state index in [-0.39, 0.29) is 0 Å². The lowest BCUT2D eigenvalue weighted by Gasteiger charge is -2.23. The van der Waals surface area contributed by atoms with Gasteiger partial charge >= 0.3 is 0 Å². The Morgan fingerprint density at radius 3 is 2.60 bits per heavy atom. The van der Waals surface area contributed by atoms with Crippen molar-refractivity contribution in [3.05, 3.63) is 23.8 Å². The predicted octanol–water partition coefficient (Wildman–Crippen LogP) is 1.67. The summed E-state index contributed by atoms with van der Waals surface area (Å²) in [6.07, 6.45) is 3.69. The number of nitrogens with zero attached hydrogens (tertiary/aromatic N) is 1. The lowest BCUT2D eigenvalue weighted by atomic mass is 9.98. The molecule has 110 valence electrons. The summed E-state index contributed by atoms with van der Waals surface area (Å²) in [6, 6.07) is 6.27. The number of fused-ring (bicyclic) bond motifs is 1. The van der Waals surface area contributed by atoms with Crippen LogP contribution >= 0.6 is 0 Å². The van der Waals surface area contributed by atoms with Crippen LogP contribution in [0.1, 0.15) is 18.4 Å². The minimum atomic E-state index is 0.524. The second kappa shape index (κ2) is 6.46. The highest BCUT2D eigenvalue weighted by Gasteiger charge is 2.18. The summed E-state index contributed by atoms with van der Waals surface area (Å²) in [5.41, 5.74) is 7.25. The van der Waals surface area contributed by atoms with Gasteiger partial charge in [-0.3, -0.25) is 0 Å². The van der Waals surface area contributed by atoms with Crippen molar-refractivity contribution < 1.29 is 9.47 Å². The van der Waals surface area contributed by atoms with Gasteiger partial charge in [-0.25, -0.2) is 0 Å². The molecule has 0 saturated carbocycles. The van der Waals surface area contributed by atoms with Crippen molar-refractivity contribution in [2.75, 3.05) is 39.4 Å². The summed E-state index contributed by atoms with van der Waals surface area (Å²) >= 11 is 0. The van der Waals surface area contributed by atoms with Crippen LogP contribution in [0.5, 0.6) is 11.5 Å². The molecule has 0 aliphatic carbocycles. The van der Waals surface area contributed by atoms with E-state index in [1.807, 2.05) is 6.07 Å². The molecule has 2 N–H and O–H groups in total. The number of likely N-dealkylation sites (tertiary alicyclic amines) is 1. The minimum absolute atomic E-state index is 0.524. The minimum Gasteiger partial charge on any atom is -0.486 e. The molecule has 4 heteroatoms. The SMILES string of the molecule is NCC(Cc1ccc2c(c1)OCCO2)CN1CCCC1. The van der Waals surface area contributed by atoms with Crippen molar-refractivity contribution in [1.29, 1.82) is 0 Å². The first-order valence-electron chi connectivity index (χ1n) is 7.66. The third-order valence-electron chi connectivity index (χ3n) is 4.18. The summed E-state index contributed by atoms with van der Waals surface area (Å²) in [7, 11) is 0. The van der Waals surface area contributed by atoms with Gasteiger partial charge in [-0.1, -0.05) is 6.07 Å². The van der Waals surface area contributed by atoms with E-state index in [0.29, 0.717) is 19.1 Å². The van der Waals surface area contributed by atoms with Gasteiger partial charge in [-0.15, -0.1) is 0 Å². The van der Waals surface area contributed by atoms with E-state index in [1.165, 1.54) is 31.5 Å². The van der Waals surface area contributed by atoms with Crippen LogP contribution in [-0.4, -0.2) is 44.3 Å². The molecule has 1 fully saturated rings. The van der Waals surface area contributed by atoms with E-state index < -0.39 is 0 Å². The maximum atomic E-state index is 5.95. The van der Waals surface area contributed by atoms with Gasteiger partial charge in [0.1, 0.15) is 13.2 Å². The van der Waals surface area contributed by atoms with Crippen molar-refractivity contribution in [1.82, 2.24) is 4.90 Å². The second-order valence-electron chi connectivity index (χ2n) is 5.79. The van der Waals surface area contributed by atoms with Crippen LogP contribution in [-0.2, 0) is 6.42 Å². The molecule has 2 aliphatic heterocycles. The van der Waals surface area contributed by atoms with Crippen LogP contribution in [0.4, 0.5) is 0 Å². The molecule has 4 nitrogen and oxygen atoms in total. The summed E-state index contributed by atoms with van der Waals surface area (Å²) < 4.78 is 11.2. The average Bonchev–Trinajstić information content (AvgIpc) is 2.99. The van der Waals surface area contributed by atoms with Crippen LogP contribution < -0.4 is 15.2 Å². The molecular formula is C16H24N2O2. The van der Waals surface area contributed by atoms with Gasteiger partial charge in [0.25, 0.3) is 0 Å². The smallest absolute Gasteiger partial charge is 0.161 e.